The van der Waals surface area contributed by atoms with Gasteiger partial charge in [-0.3, -0.25) is 34.6 Å². The summed E-state index contributed by atoms with van der Waals surface area (Å²) >= 11 is 17.5. The van der Waals surface area contributed by atoms with Crippen LogP contribution in [0.2, 0.25) is 10.0 Å². The predicted octanol–water partition coefficient (Wildman–Crippen LogP) is 2.89. The van der Waals surface area contributed by atoms with Crippen LogP contribution in [0.5, 0.6) is 0 Å². The molecular weight excluding hydrogens is 585 g/mol. The maximum atomic E-state index is 13.0. The van der Waals surface area contributed by atoms with Gasteiger partial charge in [0.2, 0.25) is 5.91 Å². The number of benzene rings is 2. The van der Waals surface area contributed by atoms with Crippen LogP contribution in [0.4, 0.5) is 17.1 Å². The van der Waals surface area contributed by atoms with E-state index >= 15 is 0 Å². The third kappa shape index (κ3) is 5.95. The first-order valence-electron chi connectivity index (χ1n) is 9.41. The molecule has 0 aliphatic heterocycles. The topological polar surface area (TPSA) is 200 Å². The maximum absolute atomic E-state index is 13.0. The summed E-state index contributed by atoms with van der Waals surface area (Å²) in [5, 5.41) is 4.45. The smallest absolute Gasteiger partial charge is 0.296 e. The van der Waals surface area contributed by atoms with E-state index in [-0.39, 0.29) is 39.3 Å². The fourth-order valence-corrected chi connectivity index (χ4v) is 5.04. The second kappa shape index (κ2) is 10.3. The molecule has 13 nitrogen and oxygen atoms in total. The van der Waals surface area contributed by atoms with Crippen molar-refractivity contribution in [1.29, 1.82) is 0 Å². The predicted molar refractivity (Wildman–Crippen MR) is 134 cm³/mol. The first kappa shape index (κ1) is 27.8. The molecule has 0 unspecified atom stereocenters. The summed E-state index contributed by atoms with van der Waals surface area (Å²) < 4.78 is 66.1. The highest BCUT2D eigenvalue weighted by Crippen LogP contribution is 2.31. The molecule has 1 amide bonds. The number of alkyl halides is 1. The SMILES string of the molecule is Cc1[nH]n(-c2cc(Cl)c(S(=O)(=O)O)cc2Cl)c(=O)c1NNc1cc(NC(=O)CCl)ccc1S(=O)(=O)O. The normalized spacial score (nSPS) is 11.8. The van der Waals surface area contributed by atoms with Gasteiger partial charge in [0, 0.05) is 5.69 Å². The van der Waals surface area contributed by atoms with Crippen molar-refractivity contribution < 1.29 is 30.7 Å². The minimum Gasteiger partial charge on any atom is -0.325 e. The number of anilines is 3. The molecule has 2 aromatic carbocycles. The molecule has 6 N–H and O–H groups in total. The van der Waals surface area contributed by atoms with E-state index in [1.165, 1.54) is 19.1 Å². The lowest BCUT2D eigenvalue weighted by Gasteiger charge is -2.13. The molecule has 0 radical (unpaired) electrons. The number of halogens is 3. The molecular formula is C18H16Cl3N5O8S2. The summed E-state index contributed by atoms with van der Waals surface area (Å²) in [5.74, 6) is -0.934. The first-order valence-corrected chi connectivity index (χ1v) is 13.6. The zero-order valence-electron chi connectivity index (χ0n) is 17.8. The molecule has 0 atom stereocenters. The largest absolute Gasteiger partial charge is 0.325 e. The highest BCUT2D eigenvalue weighted by molar-refractivity contribution is 7.86. The minimum atomic E-state index is -4.71. The maximum Gasteiger partial charge on any atom is 0.296 e. The molecule has 3 aromatic rings. The van der Waals surface area contributed by atoms with Crippen molar-refractivity contribution in [2.75, 3.05) is 22.0 Å². The molecule has 0 aliphatic carbocycles. The molecule has 0 spiro atoms. The van der Waals surface area contributed by atoms with Gasteiger partial charge in [-0.05, 0) is 37.3 Å². The number of hydrogen-bond acceptors (Lipinski definition) is 8. The summed E-state index contributed by atoms with van der Waals surface area (Å²) in [6.45, 7) is 1.48. The molecule has 194 valence electrons. The second-order valence-electron chi connectivity index (χ2n) is 7.08. The van der Waals surface area contributed by atoms with Crippen molar-refractivity contribution in [2.45, 2.75) is 16.7 Å². The van der Waals surface area contributed by atoms with Crippen LogP contribution in [0.15, 0.2) is 44.9 Å². The molecule has 18 heteroatoms. The zero-order valence-corrected chi connectivity index (χ0v) is 21.7. The van der Waals surface area contributed by atoms with Crippen molar-refractivity contribution in [3.63, 3.8) is 0 Å². The lowest BCUT2D eigenvalue weighted by Crippen LogP contribution is -2.22. The summed E-state index contributed by atoms with van der Waals surface area (Å²) in [6, 6.07) is 5.31. The Balaban J connectivity index is 2.00. The van der Waals surface area contributed by atoms with E-state index in [2.05, 4.69) is 21.3 Å². The number of amides is 1. The van der Waals surface area contributed by atoms with Crippen LogP contribution in [0, 0.1) is 6.92 Å². The van der Waals surface area contributed by atoms with Crippen LogP contribution in [0.25, 0.3) is 5.69 Å². The van der Waals surface area contributed by atoms with Gasteiger partial charge in [0.1, 0.15) is 21.4 Å². The number of nitrogens with one attached hydrogen (secondary N) is 4. The Morgan fingerprint density at radius 2 is 1.64 bits per heavy atom. The zero-order chi connectivity index (χ0) is 27.0. The summed E-state index contributed by atoms with van der Waals surface area (Å²) in [6.07, 6.45) is 0. The number of aryl methyl sites for hydroxylation is 1. The minimum absolute atomic E-state index is 0.0559. The van der Waals surface area contributed by atoms with E-state index in [1.807, 2.05) is 0 Å². The monoisotopic (exact) mass is 599 g/mol. The Kier molecular flexibility index (Phi) is 7.95. The number of hydrazine groups is 1. The Hall–Kier alpha value is -2.79. The average Bonchev–Trinajstić information content (AvgIpc) is 3.05. The lowest BCUT2D eigenvalue weighted by molar-refractivity contribution is -0.113. The molecule has 0 saturated carbocycles. The quantitative estimate of drug-likeness (QED) is 0.127. The van der Waals surface area contributed by atoms with E-state index < -0.39 is 46.5 Å². The number of rotatable bonds is 8. The van der Waals surface area contributed by atoms with E-state index in [9.17, 15) is 35.5 Å². The van der Waals surface area contributed by atoms with Crippen molar-refractivity contribution >= 4 is 78.0 Å². The van der Waals surface area contributed by atoms with Crippen molar-refractivity contribution in [3.8, 4) is 5.69 Å². The summed E-state index contributed by atoms with van der Waals surface area (Å²) in [4.78, 5) is 23.3. The van der Waals surface area contributed by atoms with E-state index in [4.69, 9.17) is 34.8 Å². The van der Waals surface area contributed by atoms with Crippen molar-refractivity contribution in [3.05, 3.63) is 56.4 Å². The van der Waals surface area contributed by atoms with Crippen molar-refractivity contribution in [1.82, 2.24) is 9.78 Å². The van der Waals surface area contributed by atoms with Crippen LogP contribution >= 0.6 is 34.8 Å². The first-order chi connectivity index (χ1) is 16.6. The van der Waals surface area contributed by atoms with Crippen LogP contribution in [0.3, 0.4) is 0 Å². The third-order valence-corrected chi connectivity index (χ3v) is 7.35. The number of H-pyrrole nitrogens is 1. The number of aromatic amines is 1. The van der Waals surface area contributed by atoms with Gasteiger partial charge in [-0.2, -0.15) is 16.8 Å². The lowest BCUT2D eigenvalue weighted by atomic mass is 10.2. The summed E-state index contributed by atoms with van der Waals surface area (Å²) in [5.41, 5.74) is 4.21. The highest BCUT2D eigenvalue weighted by atomic mass is 35.5. The van der Waals surface area contributed by atoms with E-state index in [0.717, 1.165) is 22.9 Å². The fourth-order valence-electron chi connectivity index (χ4n) is 3.01. The molecule has 3 rings (SSSR count). The average molecular weight is 601 g/mol. The van der Waals surface area contributed by atoms with Gasteiger partial charge < -0.3 is 5.32 Å². The molecule has 1 heterocycles. The van der Waals surface area contributed by atoms with Gasteiger partial charge in [0.05, 0.1) is 27.1 Å². The fraction of sp³-hybridized carbons (Fsp3) is 0.111. The highest BCUT2D eigenvalue weighted by Gasteiger charge is 2.22. The molecule has 0 bridgehead atoms. The van der Waals surface area contributed by atoms with Gasteiger partial charge in [0.15, 0.2) is 0 Å². The Morgan fingerprint density at radius 3 is 2.22 bits per heavy atom. The van der Waals surface area contributed by atoms with Crippen LogP contribution in [-0.2, 0) is 25.0 Å². The summed E-state index contributed by atoms with van der Waals surface area (Å²) in [7, 11) is -9.38. The number of aromatic nitrogens is 2. The van der Waals surface area contributed by atoms with Crippen LogP contribution in [0.1, 0.15) is 5.69 Å². The number of hydrogen-bond donors (Lipinski definition) is 6. The number of carbonyl (C=O) groups excluding carboxylic acids is 1. The van der Waals surface area contributed by atoms with Gasteiger partial charge in [-0.15, -0.1) is 11.6 Å². The van der Waals surface area contributed by atoms with Gasteiger partial charge in [-0.25, -0.2) is 4.68 Å². The van der Waals surface area contributed by atoms with Crippen LogP contribution in [-0.4, -0.2) is 47.5 Å². The Labute approximate surface area is 218 Å². The standard InChI is InChI=1S/C18H16Cl3N5O8S2/c1-8-17(18(28)26(25-8)13-5-11(21)15(6-10(13)20)36(32,33)34)24-23-12-4-9(22-16(27)7-19)2-3-14(12)35(29,30)31/h2-6,23-25H,7H2,1H3,(H,22,27)(H,29,30,31)(H,32,33,34). The van der Waals surface area contributed by atoms with Gasteiger partial charge in [0.25, 0.3) is 25.8 Å². The third-order valence-electron chi connectivity index (χ3n) is 4.58. The van der Waals surface area contributed by atoms with Gasteiger partial charge in [-0.1, -0.05) is 23.2 Å². The van der Waals surface area contributed by atoms with E-state index in [1.54, 1.807) is 0 Å². The van der Waals surface area contributed by atoms with Crippen molar-refractivity contribution in [2.24, 2.45) is 0 Å². The second-order valence-corrected chi connectivity index (χ2v) is 10.9. The van der Waals surface area contributed by atoms with E-state index in [0.29, 0.717) is 0 Å². The Bertz CT molecular complexity index is 1630. The number of nitrogens with zero attached hydrogens (tertiary/aromatic N) is 1. The van der Waals surface area contributed by atoms with Gasteiger partial charge >= 0.3 is 0 Å². The molecule has 0 saturated heterocycles. The Morgan fingerprint density at radius 1 is 1.00 bits per heavy atom. The molecule has 1 aromatic heterocycles. The molecule has 36 heavy (non-hydrogen) atoms. The van der Waals surface area contributed by atoms with Crippen LogP contribution < -0.4 is 21.7 Å². The molecule has 0 fully saturated rings. The molecule has 0 aliphatic rings. The number of carbonyl (C=O) groups is 1.